The van der Waals surface area contributed by atoms with E-state index in [1.165, 1.54) is 4.90 Å². The highest BCUT2D eigenvalue weighted by molar-refractivity contribution is 6.46. The number of benzene rings is 2. The molecule has 2 aromatic carbocycles. The number of aryl methyl sites for hydroxylation is 1. The van der Waals surface area contributed by atoms with Crippen molar-refractivity contribution in [2.24, 2.45) is 0 Å². The first-order valence-electron chi connectivity index (χ1n) is 9.61. The summed E-state index contributed by atoms with van der Waals surface area (Å²) >= 11 is 5.94. The summed E-state index contributed by atoms with van der Waals surface area (Å²) in [6, 6.07) is 15.2. The molecule has 0 radical (unpaired) electrons. The van der Waals surface area contributed by atoms with Crippen molar-refractivity contribution in [1.82, 2.24) is 14.5 Å². The lowest BCUT2D eigenvalue weighted by Gasteiger charge is -2.25. The molecule has 30 heavy (non-hydrogen) atoms. The average molecular weight is 422 g/mol. The van der Waals surface area contributed by atoms with Crippen LogP contribution in [0.3, 0.4) is 0 Å². The summed E-state index contributed by atoms with van der Waals surface area (Å²) < 4.78 is 1.92. The van der Waals surface area contributed by atoms with Gasteiger partial charge in [0.25, 0.3) is 11.7 Å². The Morgan fingerprint density at radius 2 is 1.77 bits per heavy atom. The van der Waals surface area contributed by atoms with Crippen molar-refractivity contribution >= 4 is 29.1 Å². The molecule has 0 spiro atoms. The number of rotatable bonds is 6. The second-order valence-corrected chi connectivity index (χ2v) is 7.50. The molecule has 1 aromatic heterocycles. The minimum absolute atomic E-state index is 0.0937. The number of carbonyl (C=O) groups excluding carboxylic acids is 2. The minimum Gasteiger partial charge on any atom is -0.507 e. The molecule has 1 amide bonds. The van der Waals surface area contributed by atoms with Crippen LogP contribution in [0.1, 0.15) is 23.6 Å². The topological polar surface area (TPSA) is 75.4 Å². The molecule has 4 rings (SSSR count). The van der Waals surface area contributed by atoms with E-state index in [4.69, 9.17) is 11.6 Å². The van der Waals surface area contributed by atoms with E-state index in [0.717, 1.165) is 5.56 Å². The Morgan fingerprint density at radius 3 is 2.43 bits per heavy atom. The van der Waals surface area contributed by atoms with Crippen molar-refractivity contribution in [2.45, 2.75) is 19.0 Å². The van der Waals surface area contributed by atoms with Crippen LogP contribution in [0.2, 0.25) is 5.02 Å². The van der Waals surface area contributed by atoms with Crippen LogP contribution in [0.5, 0.6) is 0 Å². The summed E-state index contributed by atoms with van der Waals surface area (Å²) in [6.45, 7) is 1.04. The zero-order valence-electron chi connectivity index (χ0n) is 16.1. The van der Waals surface area contributed by atoms with E-state index in [1.54, 1.807) is 36.8 Å². The largest absolute Gasteiger partial charge is 0.507 e. The smallest absolute Gasteiger partial charge is 0.295 e. The van der Waals surface area contributed by atoms with Crippen molar-refractivity contribution < 1.29 is 14.7 Å². The number of hydrogen-bond donors (Lipinski definition) is 1. The van der Waals surface area contributed by atoms with Crippen molar-refractivity contribution in [3.8, 4) is 0 Å². The number of aliphatic hydroxyl groups excluding tert-OH is 1. The highest BCUT2D eigenvalue weighted by Crippen LogP contribution is 2.39. The third-order valence-electron chi connectivity index (χ3n) is 5.15. The Balaban J connectivity index is 1.71. The SMILES string of the molecule is O=C1C(=O)N(CCCn2ccnc2)C(c2ccccc2)/C1=C(/O)c1ccc(Cl)cc1. The normalized spacial score (nSPS) is 18.2. The first-order valence-corrected chi connectivity index (χ1v) is 9.99. The van der Waals surface area contributed by atoms with Gasteiger partial charge < -0.3 is 14.6 Å². The number of aliphatic hydroxyl groups is 1. The molecule has 1 atom stereocenters. The number of carbonyl (C=O) groups is 2. The van der Waals surface area contributed by atoms with Crippen LogP contribution in [0.15, 0.2) is 78.9 Å². The molecule has 6 nitrogen and oxygen atoms in total. The molecule has 1 fully saturated rings. The van der Waals surface area contributed by atoms with Gasteiger partial charge in [0.1, 0.15) is 5.76 Å². The lowest BCUT2D eigenvalue weighted by atomic mass is 9.95. The number of aromatic nitrogens is 2. The highest BCUT2D eigenvalue weighted by Gasteiger charge is 2.45. The number of hydrogen-bond acceptors (Lipinski definition) is 4. The molecule has 1 saturated heterocycles. The highest BCUT2D eigenvalue weighted by atomic mass is 35.5. The molecule has 3 aromatic rings. The van der Waals surface area contributed by atoms with Crippen LogP contribution in [-0.4, -0.2) is 37.8 Å². The molecule has 0 aliphatic carbocycles. The van der Waals surface area contributed by atoms with Crippen molar-refractivity contribution in [3.63, 3.8) is 0 Å². The monoisotopic (exact) mass is 421 g/mol. The van der Waals surface area contributed by atoms with Gasteiger partial charge in [-0.2, -0.15) is 0 Å². The maximum atomic E-state index is 12.9. The van der Waals surface area contributed by atoms with Gasteiger partial charge in [0.15, 0.2) is 0 Å². The van der Waals surface area contributed by atoms with Crippen LogP contribution in [0.25, 0.3) is 5.76 Å². The van der Waals surface area contributed by atoms with Crippen LogP contribution >= 0.6 is 11.6 Å². The van der Waals surface area contributed by atoms with Crippen LogP contribution in [-0.2, 0) is 16.1 Å². The van der Waals surface area contributed by atoms with E-state index in [9.17, 15) is 14.7 Å². The minimum atomic E-state index is -0.682. The van der Waals surface area contributed by atoms with Gasteiger partial charge in [-0.25, -0.2) is 4.98 Å². The van der Waals surface area contributed by atoms with Crippen LogP contribution in [0.4, 0.5) is 0 Å². The molecular formula is C23H20ClN3O3. The van der Waals surface area contributed by atoms with E-state index in [-0.39, 0.29) is 11.3 Å². The number of Topliss-reactive ketones (excluding diaryl/α,β-unsaturated/α-hetero) is 1. The number of ketones is 1. The van der Waals surface area contributed by atoms with Gasteiger partial charge in [0, 0.05) is 36.1 Å². The molecule has 1 unspecified atom stereocenters. The van der Waals surface area contributed by atoms with Gasteiger partial charge in [0.05, 0.1) is 17.9 Å². The Labute approximate surface area is 179 Å². The lowest BCUT2D eigenvalue weighted by molar-refractivity contribution is -0.139. The molecule has 7 heteroatoms. The van der Waals surface area contributed by atoms with Gasteiger partial charge >= 0.3 is 0 Å². The van der Waals surface area contributed by atoms with E-state index in [1.807, 2.05) is 41.1 Å². The molecule has 0 bridgehead atoms. The quantitative estimate of drug-likeness (QED) is 0.370. The first-order chi connectivity index (χ1) is 14.6. The van der Waals surface area contributed by atoms with Gasteiger partial charge in [-0.1, -0.05) is 41.9 Å². The fourth-order valence-electron chi connectivity index (χ4n) is 3.70. The standard InChI is InChI=1S/C23H20ClN3O3/c24-18-9-7-17(8-10-18)21(28)19-20(16-5-2-1-3-6-16)27(23(30)22(19)29)13-4-12-26-14-11-25-15-26/h1-3,5-11,14-15,20,28H,4,12-13H2/b21-19-. The number of halogens is 1. The molecule has 1 aliphatic rings. The summed E-state index contributed by atoms with van der Waals surface area (Å²) in [4.78, 5) is 31.3. The van der Waals surface area contributed by atoms with Crippen molar-refractivity contribution in [2.75, 3.05) is 6.54 Å². The van der Waals surface area contributed by atoms with Crippen LogP contribution in [0, 0.1) is 0 Å². The Kier molecular flexibility index (Phi) is 5.68. The third kappa shape index (κ3) is 3.86. The Bertz CT molecular complexity index is 1080. The maximum Gasteiger partial charge on any atom is 0.295 e. The Morgan fingerprint density at radius 1 is 1.03 bits per heavy atom. The van der Waals surface area contributed by atoms with E-state index in [0.29, 0.717) is 30.1 Å². The number of likely N-dealkylation sites (tertiary alicyclic amines) is 1. The molecule has 152 valence electrons. The second kappa shape index (κ2) is 8.55. The average Bonchev–Trinajstić information content (AvgIpc) is 3.37. The third-order valence-corrected chi connectivity index (χ3v) is 5.40. The van der Waals surface area contributed by atoms with Crippen molar-refractivity contribution in [1.29, 1.82) is 0 Å². The van der Waals surface area contributed by atoms with Gasteiger partial charge in [0.2, 0.25) is 0 Å². The zero-order valence-corrected chi connectivity index (χ0v) is 16.9. The molecular weight excluding hydrogens is 402 g/mol. The summed E-state index contributed by atoms with van der Waals surface area (Å²) in [5, 5.41) is 11.5. The Hall–Kier alpha value is -3.38. The van der Waals surface area contributed by atoms with Gasteiger partial charge in [-0.05, 0) is 36.2 Å². The summed E-state index contributed by atoms with van der Waals surface area (Å²) in [5.74, 6) is -1.49. The number of nitrogens with zero attached hydrogens (tertiary/aromatic N) is 3. The van der Waals surface area contributed by atoms with E-state index >= 15 is 0 Å². The van der Waals surface area contributed by atoms with Crippen molar-refractivity contribution in [3.05, 3.63) is 95.0 Å². The number of imidazole rings is 1. The first kappa shape index (κ1) is 19.9. The predicted molar refractivity (Wildman–Crippen MR) is 114 cm³/mol. The molecule has 2 heterocycles. The molecule has 1 aliphatic heterocycles. The zero-order chi connectivity index (χ0) is 21.1. The number of amides is 1. The van der Waals surface area contributed by atoms with Gasteiger partial charge in [-0.15, -0.1) is 0 Å². The fourth-order valence-corrected chi connectivity index (χ4v) is 3.82. The van der Waals surface area contributed by atoms with E-state index < -0.39 is 17.7 Å². The second-order valence-electron chi connectivity index (χ2n) is 7.06. The van der Waals surface area contributed by atoms with E-state index in [2.05, 4.69) is 4.98 Å². The lowest BCUT2D eigenvalue weighted by Crippen LogP contribution is -2.31. The summed E-state index contributed by atoms with van der Waals surface area (Å²) in [7, 11) is 0. The molecule has 1 N–H and O–H groups in total. The predicted octanol–water partition coefficient (Wildman–Crippen LogP) is 4.05. The molecule has 0 saturated carbocycles. The fraction of sp³-hybridized carbons (Fsp3) is 0.174. The maximum absolute atomic E-state index is 12.9. The van der Waals surface area contributed by atoms with Crippen LogP contribution < -0.4 is 0 Å². The summed E-state index contributed by atoms with van der Waals surface area (Å²) in [6.07, 6.45) is 5.91. The summed E-state index contributed by atoms with van der Waals surface area (Å²) in [5.41, 5.74) is 1.31. The van der Waals surface area contributed by atoms with Gasteiger partial charge in [-0.3, -0.25) is 9.59 Å².